The molecule has 0 aliphatic heterocycles. The van der Waals surface area contributed by atoms with E-state index in [4.69, 9.17) is 4.74 Å². The number of hydrogen-bond acceptors (Lipinski definition) is 4. The van der Waals surface area contributed by atoms with Crippen LogP contribution in [0.5, 0.6) is 5.75 Å². The largest absolute Gasteiger partial charge is 0.486 e. The van der Waals surface area contributed by atoms with Crippen molar-refractivity contribution in [2.24, 2.45) is 0 Å². The van der Waals surface area contributed by atoms with Crippen molar-refractivity contribution in [2.75, 3.05) is 7.05 Å². The Kier molecular flexibility index (Phi) is 4.46. The first kappa shape index (κ1) is 13.5. The van der Waals surface area contributed by atoms with Gasteiger partial charge in [-0.15, -0.1) is 0 Å². The van der Waals surface area contributed by atoms with Gasteiger partial charge in [0.05, 0.1) is 0 Å². The fourth-order valence-electron chi connectivity index (χ4n) is 1.82. The van der Waals surface area contributed by atoms with E-state index >= 15 is 0 Å². The summed E-state index contributed by atoms with van der Waals surface area (Å²) in [5.74, 6) is 0.914. The molecule has 0 saturated heterocycles. The lowest BCUT2D eigenvalue weighted by Gasteiger charge is -2.09. The van der Waals surface area contributed by atoms with Gasteiger partial charge in [0.15, 0.2) is 5.82 Å². The van der Waals surface area contributed by atoms with Crippen LogP contribution in [0.3, 0.4) is 0 Å². The minimum absolute atomic E-state index is 0.274. The number of aryl methyl sites for hydroxylation is 1. The molecule has 1 N–H and O–H groups in total. The minimum atomic E-state index is -0.306. The zero-order valence-corrected chi connectivity index (χ0v) is 11.1. The van der Waals surface area contributed by atoms with Crippen LogP contribution in [0.15, 0.2) is 24.5 Å². The normalized spacial score (nSPS) is 10.7. The van der Waals surface area contributed by atoms with Crippen molar-refractivity contribution in [3.63, 3.8) is 0 Å². The van der Waals surface area contributed by atoms with Gasteiger partial charge in [0.2, 0.25) is 0 Å². The molecule has 0 atom stereocenters. The third kappa shape index (κ3) is 3.51. The molecule has 6 heteroatoms. The van der Waals surface area contributed by atoms with Crippen LogP contribution in [0.2, 0.25) is 0 Å². The van der Waals surface area contributed by atoms with Gasteiger partial charge in [-0.3, -0.25) is 0 Å². The van der Waals surface area contributed by atoms with Gasteiger partial charge in [0.1, 0.15) is 24.5 Å². The zero-order chi connectivity index (χ0) is 13.7. The number of nitrogens with one attached hydrogen (secondary N) is 1. The molecule has 0 fully saturated rings. The highest BCUT2D eigenvalue weighted by Gasteiger charge is 2.06. The Morgan fingerprint density at radius 2 is 2.21 bits per heavy atom. The highest BCUT2D eigenvalue weighted by atomic mass is 19.1. The Balaban J connectivity index is 2.06. The molecule has 0 saturated carbocycles. The topological polar surface area (TPSA) is 52.0 Å². The first-order valence-electron chi connectivity index (χ1n) is 6.16. The molecule has 19 heavy (non-hydrogen) atoms. The van der Waals surface area contributed by atoms with Crippen molar-refractivity contribution in [2.45, 2.75) is 26.6 Å². The van der Waals surface area contributed by atoms with Crippen LogP contribution in [0.25, 0.3) is 0 Å². The van der Waals surface area contributed by atoms with Crippen LogP contribution in [-0.2, 0) is 19.7 Å². The molecule has 0 unspecified atom stereocenters. The van der Waals surface area contributed by atoms with Gasteiger partial charge in [-0.2, -0.15) is 5.10 Å². The highest BCUT2D eigenvalue weighted by molar-refractivity contribution is 5.29. The van der Waals surface area contributed by atoms with Crippen LogP contribution in [-0.4, -0.2) is 21.8 Å². The van der Waals surface area contributed by atoms with Gasteiger partial charge in [-0.25, -0.2) is 14.1 Å². The third-order valence-corrected chi connectivity index (χ3v) is 2.68. The Bertz CT molecular complexity index is 541. The molecule has 5 nitrogen and oxygen atoms in total. The van der Waals surface area contributed by atoms with Gasteiger partial charge < -0.3 is 10.1 Å². The Labute approximate surface area is 111 Å². The van der Waals surface area contributed by atoms with E-state index in [9.17, 15) is 4.39 Å². The van der Waals surface area contributed by atoms with Crippen molar-refractivity contribution in [1.82, 2.24) is 20.1 Å². The molecule has 0 radical (unpaired) electrons. The van der Waals surface area contributed by atoms with Crippen LogP contribution in [0.4, 0.5) is 4.39 Å². The van der Waals surface area contributed by atoms with E-state index in [1.807, 2.05) is 20.0 Å². The van der Waals surface area contributed by atoms with Gasteiger partial charge >= 0.3 is 0 Å². The van der Waals surface area contributed by atoms with Gasteiger partial charge in [-0.1, -0.05) is 0 Å². The summed E-state index contributed by atoms with van der Waals surface area (Å²) in [6, 6.07) is 4.66. The highest BCUT2D eigenvalue weighted by Crippen LogP contribution is 2.17. The molecule has 102 valence electrons. The molecule has 2 rings (SSSR count). The lowest BCUT2D eigenvalue weighted by Crippen LogP contribution is -2.08. The number of rotatable bonds is 6. The molecule has 0 spiro atoms. The van der Waals surface area contributed by atoms with Crippen molar-refractivity contribution >= 4 is 0 Å². The zero-order valence-electron chi connectivity index (χ0n) is 11.1. The maximum Gasteiger partial charge on any atom is 0.164 e. The lowest BCUT2D eigenvalue weighted by molar-refractivity contribution is 0.285. The molecule has 2 aromatic rings. The van der Waals surface area contributed by atoms with Crippen LogP contribution in [0, 0.1) is 5.82 Å². The van der Waals surface area contributed by atoms with Gasteiger partial charge in [0, 0.05) is 19.2 Å². The number of hydrogen-bond donors (Lipinski definition) is 1. The van der Waals surface area contributed by atoms with E-state index in [0.717, 1.165) is 17.9 Å². The molecule has 0 amide bonds. The van der Waals surface area contributed by atoms with E-state index in [1.54, 1.807) is 4.68 Å². The maximum absolute atomic E-state index is 13.4. The molecule has 0 aliphatic carbocycles. The number of benzene rings is 1. The number of halogens is 1. The quantitative estimate of drug-likeness (QED) is 0.863. The van der Waals surface area contributed by atoms with Crippen LogP contribution >= 0.6 is 0 Å². The number of nitrogens with zero attached hydrogens (tertiary/aromatic N) is 3. The molecule has 1 aromatic heterocycles. The molecule has 0 bridgehead atoms. The average Bonchev–Trinajstić information content (AvgIpc) is 2.83. The summed E-state index contributed by atoms with van der Waals surface area (Å²) in [6.07, 6.45) is 1.49. The van der Waals surface area contributed by atoms with Crippen molar-refractivity contribution in [3.05, 3.63) is 41.7 Å². The molecular formula is C13H17FN4O. The van der Waals surface area contributed by atoms with Crippen LogP contribution < -0.4 is 10.1 Å². The smallest absolute Gasteiger partial charge is 0.164 e. The molecule has 1 aromatic carbocycles. The van der Waals surface area contributed by atoms with Crippen LogP contribution in [0.1, 0.15) is 18.3 Å². The summed E-state index contributed by atoms with van der Waals surface area (Å²) in [5.41, 5.74) is 0.842. The van der Waals surface area contributed by atoms with Crippen molar-refractivity contribution < 1.29 is 9.13 Å². The van der Waals surface area contributed by atoms with E-state index in [2.05, 4.69) is 15.4 Å². The summed E-state index contributed by atoms with van der Waals surface area (Å²) < 4.78 is 20.7. The summed E-state index contributed by atoms with van der Waals surface area (Å²) in [4.78, 5) is 4.10. The summed E-state index contributed by atoms with van der Waals surface area (Å²) in [5, 5.41) is 7.03. The minimum Gasteiger partial charge on any atom is -0.486 e. The van der Waals surface area contributed by atoms with E-state index < -0.39 is 0 Å². The second kappa shape index (κ2) is 6.29. The van der Waals surface area contributed by atoms with Gasteiger partial charge in [0.25, 0.3) is 0 Å². The maximum atomic E-state index is 13.4. The summed E-state index contributed by atoms with van der Waals surface area (Å²) in [7, 11) is 1.81. The van der Waals surface area contributed by atoms with Crippen molar-refractivity contribution in [1.29, 1.82) is 0 Å². The van der Waals surface area contributed by atoms with E-state index in [1.165, 1.54) is 18.5 Å². The molecular weight excluding hydrogens is 247 g/mol. The Morgan fingerprint density at radius 3 is 2.95 bits per heavy atom. The standard InChI is InChI=1S/C13H17FN4O/c1-3-18-13(16-9-17-18)8-19-12-5-10(7-15-2)4-11(14)6-12/h4-6,9,15H,3,7-8H2,1-2H3. The SMILES string of the molecule is CCn1ncnc1COc1cc(F)cc(CNC)c1. The predicted octanol–water partition coefficient (Wildman–Crippen LogP) is 1.74. The summed E-state index contributed by atoms with van der Waals surface area (Å²) >= 11 is 0. The Hall–Kier alpha value is -1.95. The number of aromatic nitrogens is 3. The monoisotopic (exact) mass is 264 g/mol. The fourth-order valence-corrected chi connectivity index (χ4v) is 1.82. The Morgan fingerprint density at radius 1 is 1.37 bits per heavy atom. The van der Waals surface area contributed by atoms with E-state index in [-0.39, 0.29) is 12.4 Å². The van der Waals surface area contributed by atoms with E-state index in [0.29, 0.717) is 12.3 Å². The predicted molar refractivity (Wildman–Crippen MR) is 69.2 cm³/mol. The lowest BCUT2D eigenvalue weighted by atomic mass is 10.2. The number of ether oxygens (including phenoxy) is 1. The third-order valence-electron chi connectivity index (χ3n) is 2.68. The molecule has 1 heterocycles. The molecule has 0 aliphatic rings. The second-order valence-electron chi connectivity index (χ2n) is 4.11. The average molecular weight is 264 g/mol. The summed E-state index contributed by atoms with van der Waals surface area (Å²) in [6.45, 7) is 3.58. The van der Waals surface area contributed by atoms with Crippen molar-refractivity contribution in [3.8, 4) is 5.75 Å². The van der Waals surface area contributed by atoms with Gasteiger partial charge in [-0.05, 0) is 31.7 Å². The second-order valence-corrected chi connectivity index (χ2v) is 4.11. The fraction of sp³-hybridized carbons (Fsp3) is 0.385. The first-order chi connectivity index (χ1) is 9.22. The first-order valence-corrected chi connectivity index (χ1v) is 6.16.